The molecule has 0 aromatic heterocycles. The summed E-state index contributed by atoms with van der Waals surface area (Å²) in [6.45, 7) is 5.45. The summed E-state index contributed by atoms with van der Waals surface area (Å²) in [7, 11) is 1.97. The molecule has 0 spiro atoms. The van der Waals surface area contributed by atoms with Crippen molar-refractivity contribution in [2.24, 2.45) is 0 Å². The van der Waals surface area contributed by atoms with Gasteiger partial charge in [-0.2, -0.15) is 0 Å². The van der Waals surface area contributed by atoms with Crippen molar-refractivity contribution in [2.75, 3.05) is 25.5 Å². The number of carboxylic acid groups (broad SMARTS) is 1. The van der Waals surface area contributed by atoms with Gasteiger partial charge in [-0.15, -0.1) is 0 Å². The van der Waals surface area contributed by atoms with E-state index in [9.17, 15) is 14.7 Å². The zero-order chi connectivity index (χ0) is 16.5. The number of nitrogens with two attached hydrogens (primary N) is 2. The van der Waals surface area contributed by atoms with Crippen molar-refractivity contribution < 1.29 is 25.3 Å². The Hall–Kier alpha value is -1.92. The van der Waals surface area contributed by atoms with E-state index in [1.54, 1.807) is 5.32 Å². The largest absolute Gasteiger partial charge is 0.544 e. The van der Waals surface area contributed by atoms with E-state index >= 15 is 0 Å². The third-order valence-electron chi connectivity index (χ3n) is 3.52. The molecule has 0 bridgehead atoms. The van der Waals surface area contributed by atoms with E-state index in [4.69, 9.17) is 0 Å². The summed E-state index contributed by atoms with van der Waals surface area (Å²) in [5.74, 6) is -1.50. The van der Waals surface area contributed by atoms with Gasteiger partial charge >= 0.3 is 0 Å². The monoisotopic (exact) mass is 308 g/mol. The molecule has 0 saturated carbocycles. The molecular weight excluding hydrogens is 282 g/mol. The van der Waals surface area contributed by atoms with Crippen molar-refractivity contribution in [1.29, 1.82) is 0 Å². The summed E-state index contributed by atoms with van der Waals surface area (Å²) in [6.07, 6.45) is 0.796. The fourth-order valence-electron chi connectivity index (χ4n) is 2.18. The van der Waals surface area contributed by atoms with E-state index < -0.39 is 12.0 Å². The molecule has 6 heteroatoms. The lowest BCUT2D eigenvalue weighted by molar-refractivity contribution is -0.692. The average Bonchev–Trinajstić information content (AvgIpc) is 2.46. The summed E-state index contributed by atoms with van der Waals surface area (Å²) < 4.78 is 0. The van der Waals surface area contributed by atoms with E-state index in [0.717, 1.165) is 29.8 Å². The third-order valence-corrected chi connectivity index (χ3v) is 3.52. The van der Waals surface area contributed by atoms with Gasteiger partial charge in [0.2, 0.25) is 5.91 Å². The maximum Gasteiger partial charge on any atom is 0.230 e. The van der Waals surface area contributed by atoms with Crippen LogP contribution in [0.15, 0.2) is 18.2 Å². The summed E-state index contributed by atoms with van der Waals surface area (Å²) in [5.41, 5.74) is 2.72. The molecule has 0 unspecified atom stereocenters. The van der Waals surface area contributed by atoms with Crippen molar-refractivity contribution >= 4 is 17.6 Å². The normalized spacial score (nSPS) is 12.0. The van der Waals surface area contributed by atoms with Crippen LogP contribution >= 0.6 is 0 Å². The van der Waals surface area contributed by atoms with Crippen LogP contribution in [0.3, 0.4) is 0 Å². The van der Waals surface area contributed by atoms with Gasteiger partial charge in [0, 0.05) is 12.1 Å². The molecule has 0 saturated heterocycles. The second kappa shape index (κ2) is 9.17. The van der Waals surface area contributed by atoms with Crippen LogP contribution in [0.1, 0.15) is 24.0 Å². The van der Waals surface area contributed by atoms with Crippen LogP contribution in [-0.2, 0) is 9.59 Å². The second-order valence-corrected chi connectivity index (χ2v) is 5.57. The molecule has 5 N–H and O–H groups in total. The molecule has 1 rings (SSSR count). The highest BCUT2D eigenvalue weighted by molar-refractivity contribution is 5.94. The molecule has 0 aliphatic carbocycles. The predicted molar refractivity (Wildman–Crippen MR) is 82.1 cm³/mol. The number of aryl methyl sites for hydroxylation is 2. The summed E-state index contributed by atoms with van der Waals surface area (Å²) in [4.78, 5) is 23.2. The fourth-order valence-corrected chi connectivity index (χ4v) is 2.18. The molecule has 6 nitrogen and oxygen atoms in total. The number of carbonyl (C=O) groups excluding carboxylic acids is 2. The number of nitrogens with one attached hydrogen (secondary N) is 1. The summed E-state index contributed by atoms with van der Waals surface area (Å²) >= 11 is 0. The van der Waals surface area contributed by atoms with E-state index in [-0.39, 0.29) is 12.3 Å². The third kappa shape index (κ3) is 6.24. The smallest absolute Gasteiger partial charge is 0.230 e. The Kier molecular flexibility index (Phi) is 7.56. The van der Waals surface area contributed by atoms with Crippen LogP contribution < -0.4 is 21.1 Å². The number of hydrogen-bond donors (Lipinski definition) is 3. The van der Waals surface area contributed by atoms with Crippen LogP contribution in [0.5, 0.6) is 0 Å². The Bertz CT molecular complexity index is 517. The van der Waals surface area contributed by atoms with Crippen molar-refractivity contribution in [2.45, 2.75) is 32.7 Å². The lowest BCUT2D eigenvalue weighted by Gasteiger charge is -2.17. The van der Waals surface area contributed by atoms with Gasteiger partial charge in [-0.1, -0.05) is 12.1 Å². The molecule has 0 aliphatic heterocycles. The van der Waals surface area contributed by atoms with Gasteiger partial charge in [-0.25, -0.2) is 0 Å². The zero-order valence-corrected chi connectivity index (χ0v) is 13.5. The Labute approximate surface area is 131 Å². The van der Waals surface area contributed by atoms with Crippen LogP contribution in [0.2, 0.25) is 0 Å². The van der Waals surface area contributed by atoms with E-state index in [0.29, 0.717) is 6.54 Å². The number of aliphatic carboxylic acids is 1. The van der Waals surface area contributed by atoms with Crippen molar-refractivity contribution in [1.82, 2.24) is 0 Å². The second-order valence-electron chi connectivity index (χ2n) is 5.57. The predicted octanol–water partition coefficient (Wildman–Crippen LogP) is -2.10. The van der Waals surface area contributed by atoms with Crippen molar-refractivity contribution in [3.8, 4) is 0 Å². The number of rotatable bonds is 9. The van der Waals surface area contributed by atoms with Gasteiger partial charge in [0.1, 0.15) is 6.04 Å². The lowest BCUT2D eigenvalue weighted by Crippen LogP contribution is -2.94. The number of amides is 1. The minimum Gasteiger partial charge on any atom is -0.544 e. The molecule has 22 heavy (non-hydrogen) atoms. The Morgan fingerprint density at radius 3 is 2.64 bits per heavy atom. The highest BCUT2D eigenvalue weighted by atomic mass is 16.4. The molecule has 0 fully saturated rings. The highest BCUT2D eigenvalue weighted by Gasteiger charge is 2.18. The van der Waals surface area contributed by atoms with Gasteiger partial charge in [0.05, 0.1) is 32.5 Å². The first kappa shape index (κ1) is 18.1. The standard InChI is InChI=1S/C16H25N3O3/c1-11-5-6-12(2)13(9-11)19-15(20)10-14(16(21)22)18-8-4-7-17-3/h5-6,9,14,17-18H,4,7-8,10H2,1-3H3,(H,19,20)(H,21,22)/p+1/t14-/m1/s1. The van der Waals surface area contributed by atoms with Gasteiger partial charge in [-0.3, -0.25) is 4.79 Å². The molecular formula is C16H26N3O3+. The lowest BCUT2D eigenvalue weighted by atomic mass is 10.1. The SMILES string of the molecule is C[NH2+]CCC[NH2+][C@H](CC(=O)Nc1cc(C)ccc1C)C(=O)[O-]. The van der Waals surface area contributed by atoms with Gasteiger partial charge in [-0.05, 0) is 31.0 Å². The maximum absolute atomic E-state index is 12.1. The van der Waals surface area contributed by atoms with Crippen LogP contribution in [0.25, 0.3) is 0 Å². The first-order chi connectivity index (χ1) is 10.4. The molecule has 1 aromatic carbocycles. The van der Waals surface area contributed by atoms with Gasteiger partial charge in [0.25, 0.3) is 0 Å². The summed E-state index contributed by atoms with van der Waals surface area (Å²) in [5, 5.41) is 17.6. The molecule has 1 aromatic rings. The first-order valence-corrected chi connectivity index (χ1v) is 7.63. The molecule has 0 radical (unpaired) electrons. The van der Waals surface area contributed by atoms with Crippen LogP contribution in [0, 0.1) is 13.8 Å². The number of carboxylic acids is 1. The quantitative estimate of drug-likeness (QED) is 0.455. The number of anilines is 1. The van der Waals surface area contributed by atoms with E-state index in [2.05, 4.69) is 5.32 Å². The van der Waals surface area contributed by atoms with Crippen LogP contribution in [-0.4, -0.2) is 38.1 Å². The van der Waals surface area contributed by atoms with Crippen molar-refractivity contribution in [3.05, 3.63) is 29.3 Å². The molecule has 1 amide bonds. The van der Waals surface area contributed by atoms with E-state index in [1.165, 1.54) is 0 Å². The Morgan fingerprint density at radius 1 is 1.27 bits per heavy atom. The fraction of sp³-hybridized carbons (Fsp3) is 0.500. The topological polar surface area (TPSA) is 102 Å². The molecule has 0 aliphatic rings. The van der Waals surface area contributed by atoms with Gasteiger partial charge in [0.15, 0.2) is 0 Å². The summed E-state index contributed by atoms with van der Waals surface area (Å²) in [6, 6.07) is 4.92. The first-order valence-electron chi connectivity index (χ1n) is 7.63. The number of carbonyl (C=O) groups is 2. The number of benzene rings is 1. The van der Waals surface area contributed by atoms with Crippen molar-refractivity contribution in [3.63, 3.8) is 0 Å². The van der Waals surface area contributed by atoms with Crippen LogP contribution in [0.4, 0.5) is 5.69 Å². The van der Waals surface area contributed by atoms with Gasteiger partial charge < -0.3 is 25.9 Å². The number of hydrogen-bond acceptors (Lipinski definition) is 3. The highest BCUT2D eigenvalue weighted by Crippen LogP contribution is 2.16. The average molecular weight is 308 g/mol. The number of quaternary nitrogens is 2. The molecule has 1 atom stereocenters. The minimum absolute atomic E-state index is 0.0917. The minimum atomic E-state index is -1.20. The maximum atomic E-state index is 12.1. The zero-order valence-electron chi connectivity index (χ0n) is 13.5. The Balaban J connectivity index is 2.56. The molecule has 122 valence electrons. The Morgan fingerprint density at radius 2 is 2.00 bits per heavy atom. The molecule has 0 heterocycles. The van der Waals surface area contributed by atoms with E-state index in [1.807, 2.05) is 44.4 Å².